The number of benzene rings is 3. The number of ether oxygens (including phenoxy) is 5. The fraction of sp³-hybridized carbons (Fsp3) is 0.280. The Kier molecular flexibility index (Phi) is 6.58. The van der Waals surface area contributed by atoms with Gasteiger partial charge in [0.25, 0.3) is 0 Å². The van der Waals surface area contributed by atoms with Crippen LogP contribution in [0.25, 0.3) is 10.8 Å². The summed E-state index contributed by atoms with van der Waals surface area (Å²) < 4.78 is 28.0. The molecule has 0 aliphatic heterocycles. The van der Waals surface area contributed by atoms with Crippen LogP contribution in [0.4, 0.5) is 0 Å². The SMILES string of the molecule is COc1ccc2c(OC(=O)C(C)(C)C)c(OC)c(OC)c(OC(=O)c3ccccc3)c2c1. The molecule has 3 rings (SSSR count). The van der Waals surface area contributed by atoms with Crippen LogP contribution < -0.4 is 23.7 Å². The number of rotatable bonds is 6. The summed E-state index contributed by atoms with van der Waals surface area (Å²) in [7, 11) is 4.36. The smallest absolute Gasteiger partial charge is 0.343 e. The molecule has 0 radical (unpaired) electrons. The van der Waals surface area contributed by atoms with Gasteiger partial charge in [-0.1, -0.05) is 18.2 Å². The van der Waals surface area contributed by atoms with E-state index in [9.17, 15) is 9.59 Å². The maximum atomic E-state index is 12.8. The molecular weight excluding hydrogens is 412 g/mol. The van der Waals surface area contributed by atoms with Crippen LogP contribution >= 0.6 is 0 Å². The van der Waals surface area contributed by atoms with E-state index in [4.69, 9.17) is 23.7 Å². The minimum Gasteiger partial charge on any atom is -0.497 e. The highest BCUT2D eigenvalue weighted by atomic mass is 16.6. The van der Waals surface area contributed by atoms with Gasteiger partial charge >= 0.3 is 11.9 Å². The lowest BCUT2D eigenvalue weighted by atomic mass is 9.97. The zero-order chi connectivity index (χ0) is 23.5. The summed E-state index contributed by atoms with van der Waals surface area (Å²) in [6.07, 6.45) is 0. The van der Waals surface area contributed by atoms with Crippen LogP contribution in [-0.2, 0) is 4.79 Å². The molecule has 7 heteroatoms. The van der Waals surface area contributed by atoms with Gasteiger partial charge in [0.15, 0.2) is 11.5 Å². The van der Waals surface area contributed by atoms with E-state index in [-0.39, 0.29) is 23.0 Å². The predicted molar refractivity (Wildman–Crippen MR) is 120 cm³/mol. The van der Waals surface area contributed by atoms with E-state index >= 15 is 0 Å². The molecule has 0 aromatic heterocycles. The molecule has 0 saturated carbocycles. The monoisotopic (exact) mass is 438 g/mol. The first kappa shape index (κ1) is 22.9. The molecule has 7 nitrogen and oxygen atoms in total. The number of hydrogen-bond acceptors (Lipinski definition) is 7. The molecule has 0 spiro atoms. The van der Waals surface area contributed by atoms with Gasteiger partial charge in [-0.05, 0) is 51.1 Å². The number of carbonyl (C=O) groups is 2. The van der Waals surface area contributed by atoms with Crippen LogP contribution in [0.5, 0.6) is 28.7 Å². The van der Waals surface area contributed by atoms with Crippen molar-refractivity contribution in [3.63, 3.8) is 0 Å². The van der Waals surface area contributed by atoms with Gasteiger partial charge in [0.1, 0.15) is 5.75 Å². The molecular formula is C25H26O7. The summed E-state index contributed by atoms with van der Waals surface area (Å²) in [5.74, 6) is 0.0466. The van der Waals surface area contributed by atoms with Gasteiger partial charge in [-0.2, -0.15) is 0 Å². The molecule has 168 valence electrons. The zero-order valence-corrected chi connectivity index (χ0v) is 19.0. The molecule has 0 saturated heterocycles. The van der Waals surface area contributed by atoms with Gasteiger partial charge in [-0.3, -0.25) is 4.79 Å². The van der Waals surface area contributed by atoms with E-state index in [1.165, 1.54) is 21.3 Å². The number of fused-ring (bicyclic) bond motifs is 1. The molecule has 3 aromatic carbocycles. The zero-order valence-electron chi connectivity index (χ0n) is 19.0. The minimum absolute atomic E-state index is 0.120. The quantitative estimate of drug-likeness (QED) is 0.394. The van der Waals surface area contributed by atoms with E-state index in [1.807, 2.05) is 0 Å². The summed E-state index contributed by atoms with van der Waals surface area (Å²) >= 11 is 0. The van der Waals surface area contributed by atoms with Crippen LogP contribution in [0.3, 0.4) is 0 Å². The molecule has 0 aliphatic carbocycles. The summed E-state index contributed by atoms with van der Waals surface area (Å²) in [4.78, 5) is 25.5. The first-order valence-electron chi connectivity index (χ1n) is 9.96. The van der Waals surface area contributed by atoms with Gasteiger partial charge in [0, 0.05) is 10.8 Å². The van der Waals surface area contributed by atoms with Crippen molar-refractivity contribution >= 4 is 22.7 Å². The van der Waals surface area contributed by atoms with Crippen molar-refractivity contribution in [3.05, 3.63) is 54.1 Å². The third-order valence-corrected chi connectivity index (χ3v) is 4.75. The highest BCUT2D eigenvalue weighted by Gasteiger charge is 2.30. The van der Waals surface area contributed by atoms with Crippen molar-refractivity contribution in [2.24, 2.45) is 5.41 Å². The van der Waals surface area contributed by atoms with E-state index in [0.29, 0.717) is 22.1 Å². The Morgan fingerprint density at radius 3 is 1.81 bits per heavy atom. The Bertz CT molecular complexity index is 1140. The number of carbonyl (C=O) groups excluding carboxylic acids is 2. The average molecular weight is 438 g/mol. The highest BCUT2D eigenvalue weighted by Crippen LogP contribution is 2.52. The van der Waals surface area contributed by atoms with Gasteiger partial charge in [-0.15, -0.1) is 0 Å². The van der Waals surface area contributed by atoms with Crippen molar-refractivity contribution in [1.82, 2.24) is 0 Å². The molecule has 32 heavy (non-hydrogen) atoms. The van der Waals surface area contributed by atoms with Gasteiger partial charge in [0.2, 0.25) is 11.5 Å². The van der Waals surface area contributed by atoms with Crippen molar-refractivity contribution in [1.29, 1.82) is 0 Å². The minimum atomic E-state index is -0.754. The summed E-state index contributed by atoms with van der Waals surface area (Å²) in [5.41, 5.74) is -0.386. The Morgan fingerprint density at radius 1 is 0.688 bits per heavy atom. The number of methoxy groups -OCH3 is 3. The van der Waals surface area contributed by atoms with Crippen LogP contribution in [0.2, 0.25) is 0 Å². The summed E-state index contributed by atoms with van der Waals surface area (Å²) in [6, 6.07) is 13.7. The Morgan fingerprint density at radius 2 is 1.28 bits per heavy atom. The topological polar surface area (TPSA) is 80.3 Å². The standard InChI is InChI=1S/C25H26O7/c1-25(2,3)24(27)32-19-17-13-12-16(28-4)14-18(17)20(22(30-6)21(19)29-5)31-23(26)15-10-8-7-9-11-15/h7-14H,1-6H3. The molecule has 0 fully saturated rings. The number of esters is 2. The lowest BCUT2D eigenvalue weighted by Gasteiger charge is -2.22. The Labute approximate surface area is 186 Å². The second-order valence-electron chi connectivity index (χ2n) is 8.03. The lowest BCUT2D eigenvalue weighted by Crippen LogP contribution is -2.26. The van der Waals surface area contributed by atoms with E-state index in [0.717, 1.165) is 0 Å². The second kappa shape index (κ2) is 9.18. The van der Waals surface area contributed by atoms with Crippen molar-refractivity contribution < 1.29 is 33.3 Å². The van der Waals surface area contributed by atoms with Gasteiger partial charge < -0.3 is 23.7 Å². The van der Waals surface area contributed by atoms with Crippen molar-refractivity contribution in [3.8, 4) is 28.7 Å². The molecule has 0 unspecified atom stereocenters. The molecule has 0 heterocycles. The van der Waals surface area contributed by atoms with Crippen LogP contribution in [0, 0.1) is 5.41 Å². The number of hydrogen-bond donors (Lipinski definition) is 0. The molecule has 0 aliphatic rings. The van der Waals surface area contributed by atoms with Crippen molar-refractivity contribution in [2.45, 2.75) is 20.8 Å². The van der Waals surface area contributed by atoms with E-state index in [2.05, 4.69) is 0 Å². The Hall–Kier alpha value is -3.74. The molecule has 3 aromatic rings. The molecule has 0 atom stereocenters. The highest BCUT2D eigenvalue weighted by molar-refractivity contribution is 6.03. The fourth-order valence-corrected chi connectivity index (χ4v) is 3.03. The maximum absolute atomic E-state index is 12.8. The first-order chi connectivity index (χ1) is 15.2. The molecule has 0 amide bonds. The largest absolute Gasteiger partial charge is 0.497 e. The van der Waals surface area contributed by atoms with Gasteiger partial charge in [0.05, 0.1) is 32.3 Å². The van der Waals surface area contributed by atoms with Crippen LogP contribution in [0.15, 0.2) is 48.5 Å². The first-order valence-corrected chi connectivity index (χ1v) is 9.96. The summed E-state index contributed by atoms with van der Waals surface area (Å²) in [6.45, 7) is 5.25. The lowest BCUT2D eigenvalue weighted by molar-refractivity contribution is -0.143. The third-order valence-electron chi connectivity index (χ3n) is 4.75. The van der Waals surface area contributed by atoms with Crippen LogP contribution in [0.1, 0.15) is 31.1 Å². The van der Waals surface area contributed by atoms with Gasteiger partial charge in [-0.25, -0.2) is 4.79 Å². The fourth-order valence-electron chi connectivity index (χ4n) is 3.03. The Balaban J connectivity index is 2.27. The van der Waals surface area contributed by atoms with Crippen molar-refractivity contribution in [2.75, 3.05) is 21.3 Å². The van der Waals surface area contributed by atoms with Crippen LogP contribution in [-0.4, -0.2) is 33.3 Å². The predicted octanol–water partition coefficient (Wildman–Crippen LogP) is 5.04. The van der Waals surface area contributed by atoms with E-state index < -0.39 is 17.4 Å². The second-order valence-corrected chi connectivity index (χ2v) is 8.03. The molecule has 0 bridgehead atoms. The third kappa shape index (κ3) is 4.46. The summed E-state index contributed by atoms with van der Waals surface area (Å²) in [5, 5.41) is 0.958. The normalized spacial score (nSPS) is 11.1. The average Bonchev–Trinajstić information content (AvgIpc) is 2.79. The molecule has 0 N–H and O–H groups in total. The van der Waals surface area contributed by atoms with E-state index in [1.54, 1.807) is 69.3 Å². The maximum Gasteiger partial charge on any atom is 0.343 e.